The van der Waals surface area contributed by atoms with E-state index in [9.17, 15) is 0 Å². The van der Waals surface area contributed by atoms with Gasteiger partial charge in [-0.1, -0.05) is 47.6 Å². The van der Waals surface area contributed by atoms with Gasteiger partial charge in [-0.3, -0.25) is 0 Å². The number of hydrogen-bond donors (Lipinski definition) is 0. The largest absolute Gasteiger partial charge is 0.0633 e. The molecule has 80 valence electrons. The molecule has 0 saturated heterocycles. The van der Waals surface area contributed by atoms with E-state index in [0.717, 1.165) is 5.92 Å². The molecular weight excluding hydrogens is 172 g/mol. The van der Waals surface area contributed by atoms with Crippen LogP contribution < -0.4 is 0 Å². The maximum Gasteiger partial charge on any atom is 0.00313 e. The van der Waals surface area contributed by atoms with E-state index in [1.54, 1.807) is 0 Å². The van der Waals surface area contributed by atoms with Gasteiger partial charge in [0.15, 0.2) is 0 Å². The standard InChI is InChI=1S/C12H28Si/c1-10(8-13)7-12(5,6)9-11(2,3)4/h10H,7-9H2,1-6,13H3. The van der Waals surface area contributed by atoms with Crippen molar-refractivity contribution in [2.45, 2.75) is 60.4 Å². The van der Waals surface area contributed by atoms with Gasteiger partial charge in [-0.15, -0.1) is 0 Å². The van der Waals surface area contributed by atoms with Crippen LogP contribution in [0.25, 0.3) is 0 Å². The Morgan fingerprint density at radius 2 is 1.54 bits per heavy atom. The predicted molar refractivity (Wildman–Crippen MR) is 66.4 cm³/mol. The molecule has 0 aromatic rings. The van der Waals surface area contributed by atoms with E-state index in [0.29, 0.717) is 10.8 Å². The van der Waals surface area contributed by atoms with Crippen molar-refractivity contribution in [3.63, 3.8) is 0 Å². The van der Waals surface area contributed by atoms with E-state index in [2.05, 4.69) is 41.5 Å². The molecule has 13 heavy (non-hydrogen) atoms. The lowest BCUT2D eigenvalue weighted by Crippen LogP contribution is -2.22. The molecule has 1 heteroatoms. The SMILES string of the molecule is CC(C[SiH3])CC(C)(C)CC(C)(C)C. The molecule has 0 saturated carbocycles. The Balaban J connectivity index is 4.08. The summed E-state index contributed by atoms with van der Waals surface area (Å²) in [7, 11) is 1.36. The minimum Gasteiger partial charge on any atom is -0.0633 e. The van der Waals surface area contributed by atoms with Crippen LogP contribution in [-0.2, 0) is 0 Å². The van der Waals surface area contributed by atoms with Crippen LogP contribution in [0.1, 0.15) is 54.4 Å². The molecule has 0 aliphatic heterocycles. The predicted octanol–water partition coefficient (Wildman–Crippen LogP) is 3.26. The quantitative estimate of drug-likeness (QED) is 0.611. The first kappa shape index (κ1) is 13.2. The zero-order chi connectivity index (χ0) is 10.7. The molecule has 1 atom stereocenters. The van der Waals surface area contributed by atoms with E-state index < -0.39 is 0 Å². The van der Waals surface area contributed by atoms with Crippen molar-refractivity contribution in [1.82, 2.24) is 0 Å². The summed E-state index contributed by atoms with van der Waals surface area (Å²) >= 11 is 0. The highest BCUT2D eigenvalue weighted by Crippen LogP contribution is 2.38. The van der Waals surface area contributed by atoms with E-state index in [1.807, 2.05) is 0 Å². The molecule has 0 aliphatic rings. The topological polar surface area (TPSA) is 0 Å². The van der Waals surface area contributed by atoms with Gasteiger partial charge in [-0.25, -0.2) is 0 Å². The van der Waals surface area contributed by atoms with Crippen molar-refractivity contribution in [2.75, 3.05) is 0 Å². The molecular formula is C12H28Si. The first-order chi connectivity index (χ1) is 5.66. The fraction of sp³-hybridized carbons (Fsp3) is 1.00. The molecule has 0 heterocycles. The molecule has 0 amide bonds. The third-order valence-electron chi connectivity index (χ3n) is 2.61. The molecule has 0 nitrogen and oxygen atoms in total. The first-order valence-corrected chi connectivity index (χ1v) is 7.08. The van der Waals surface area contributed by atoms with Crippen LogP contribution in [0.15, 0.2) is 0 Å². The molecule has 0 spiro atoms. The summed E-state index contributed by atoms with van der Waals surface area (Å²) in [4.78, 5) is 0. The molecule has 0 aromatic heterocycles. The number of hydrogen-bond acceptors (Lipinski definition) is 0. The fourth-order valence-corrected chi connectivity index (χ4v) is 2.88. The van der Waals surface area contributed by atoms with E-state index in [-0.39, 0.29) is 0 Å². The van der Waals surface area contributed by atoms with Crippen molar-refractivity contribution in [2.24, 2.45) is 16.7 Å². The summed E-state index contributed by atoms with van der Waals surface area (Å²) in [6.07, 6.45) is 2.74. The fourth-order valence-electron chi connectivity index (χ4n) is 2.60. The second kappa shape index (κ2) is 4.63. The maximum absolute atomic E-state index is 2.42. The smallest absolute Gasteiger partial charge is 0.00313 e. The minimum atomic E-state index is 0.481. The molecule has 0 bridgehead atoms. The summed E-state index contributed by atoms with van der Waals surface area (Å²) in [6.45, 7) is 14.3. The summed E-state index contributed by atoms with van der Waals surface area (Å²) in [5, 5.41) is 0. The van der Waals surface area contributed by atoms with Crippen LogP contribution in [0.2, 0.25) is 6.04 Å². The average Bonchev–Trinajstić information content (AvgIpc) is 1.80. The van der Waals surface area contributed by atoms with Crippen molar-refractivity contribution < 1.29 is 0 Å². The van der Waals surface area contributed by atoms with Gasteiger partial charge >= 0.3 is 0 Å². The Bertz CT molecular complexity index is 142. The molecule has 0 N–H and O–H groups in total. The molecule has 0 aliphatic carbocycles. The van der Waals surface area contributed by atoms with E-state index >= 15 is 0 Å². The monoisotopic (exact) mass is 200 g/mol. The van der Waals surface area contributed by atoms with E-state index in [4.69, 9.17) is 0 Å². The second-order valence-corrected chi connectivity index (χ2v) is 7.44. The van der Waals surface area contributed by atoms with Gasteiger partial charge in [-0.05, 0) is 29.6 Å². The molecule has 0 aromatic carbocycles. The van der Waals surface area contributed by atoms with Gasteiger partial charge in [0.25, 0.3) is 0 Å². The minimum absolute atomic E-state index is 0.481. The zero-order valence-electron chi connectivity index (χ0n) is 10.7. The van der Waals surface area contributed by atoms with Gasteiger partial charge in [0.2, 0.25) is 0 Å². The van der Waals surface area contributed by atoms with Crippen molar-refractivity contribution in [3.05, 3.63) is 0 Å². The highest BCUT2D eigenvalue weighted by atomic mass is 28.1. The zero-order valence-corrected chi connectivity index (χ0v) is 12.7. The Morgan fingerprint density at radius 1 is 1.08 bits per heavy atom. The van der Waals surface area contributed by atoms with Crippen LogP contribution in [0.3, 0.4) is 0 Å². The molecule has 1 unspecified atom stereocenters. The van der Waals surface area contributed by atoms with Gasteiger partial charge in [0, 0.05) is 10.2 Å². The van der Waals surface area contributed by atoms with Gasteiger partial charge in [0.05, 0.1) is 0 Å². The third kappa shape index (κ3) is 7.30. The van der Waals surface area contributed by atoms with Crippen LogP contribution in [0.5, 0.6) is 0 Å². The first-order valence-electron chi connectivity index (χ1n) is 5.66. The second-order valence-electron chi connectivity index (χ2n) is 6.62. The van der Waals surface area contributed by atoms with Crippen LogP contribution in [0.4, 0.5) is 0 Å². The Labute approximate surface area is 87.9 Å². The van der Waals surface area contributed by atoms with Crippen LogP contribution in [0, 0.1) is 16.7 Å². The van der Waals surface area contributed by atoms with Crippen molar-refractivity contribution >= 4 is 10.2 Å². The van der Waals surface area contributed by atoms with Gasteiger partial charge in [-0.2, -0.15) is 0 Å². The van der Waals surface area contributed by atoms with Crippen LogP contribution >= 0.6 is 0 Å². The van der Waals surface area contributed by atoms with Crippen molar-refractivity contribution in [3.8, 4) is 0 Å². The lowest BCUT2D eigenvalue weighted by molar-refractivity contribution is 0.179. The molecule has 0 rings (SSSR count). The summed E-state index contributed by atoms with van der Waals surface area (Å²) in [6, 6.07) is 1.45. The summed E-state index contributed by atoms with van der Waals surface area (Å²) < 4.78 is 0. The highest BCUT2D eigenvalue weighted by molar-refractivity contribution is 6.08. The lowest BCUT2D eigenvalue weighted by Gasteiger charge is -2.34. The molecule has 0 radical (unpaired) electrons. The van der Waals surface area contributed by atoms with E-state index in [1.165, 1.54) is 29.1 Å². The molecule has 0 fully saturated rings. The summed E-state index contributed by atoms with van der Waals surface area (Å²) in [5.41, 5.74) is 1.01. The average molecular weight is 200 g/mol. The lowest BCUT2D eigenvalue weighted by atomic mass is 9.72. The Hall–Kier alpha value is 0.217. The third-order valence-corrected chi connectivity index (χ3v) is 4.00. The highest BCUT2D eigenvalue weighted by Gasteiger charge is 2.26. The Morgan fingerprint density at radius 3 is 1.85 bits per heavy atom. The maximum atomic E-state index is 2.42. The normalized spacial score (nSPS) is 16.2. The van der Waals surface area contributed by atoms with Crippen molar-refractivity contribution in [1.29, 1.82) is 0 Å². The van der Waals surface area contributed by atoms with Crippen LogP contribution in [-0.4, -0.2) is 10.2 Å². The summed E-state index contributed by atoms with van der Waals surface area (Å²) in [5.74, 6) is 0.934. The number of rotatable bonds is 4. The van der Waals surface area contributed by atoms with Gasteiger partial charge < -0.3 is 0 Å². The van der Waals surface area contributed by atoms with Gasteiger partial charge in [0.1, 0.15) is 0 Å². The Kier molecular flexibility index (Phi) is 4.71.